The van der Waals surface area contributed by atoms with Gasteiger partial charge in [0.15, 0.2) is 5.82 Å². The van der Waals surface area contributed by atoms with E-state index in [0.717, 1.165) is 10.7 Å². The van der Waals surface area contributed by atoms with Gasteiger partial charge in [0.05, 0.1) is 11.1 Å². The normalized spacial score (nSPS) is 10.5. The van der Waals surface area contributed by atoms with E-state index in [2.05, 4.69) is 20.3 Å². The summed E-state index contributed by atoms with van der Waals surface area (Å²) >= 11 is 1.43. The summed E-state index contributed by atoms with van der Waals surface area (Å²) in [7, 11) is 0. The predicted molar refractivity (Wildman–Crippen MR) is 79.9 cm³/mol. The van der Waals surface area contributed by atoms with Gasteiger partial charge in [0, 0.05) is 37.9 Å². The number of carbonyl (C=O) groups is 1. The standard InChI is InChI=1S/C14H13N5OS/c20-14(12-2-1-9-21-12)18-6-8-19-7-5-17-13(19)11-10-15-3-4-16-11/h1-5,7,9-10H,6,8H2,(H,18,20). The van der Waals surface area contributed by atoms with Crippen molar-refractivity contribution in [3.05, 3.63) is 53.4 Å². The van der Waals surface area contributed by atoms with Gasteiger partial charge < -0.3 is 9.88 Å². The highest BCUT2D eigenvalue weighted by Gasteiger charge is 2.08. The summed E-state index contributed by atoms with van der Waals surface area (Å²) in [5, 5.41) is 4.77. The second-order valence-electron chi connectivity index (χ2n) is 4.27. The zero-order valence-corrected chi connectivity index (χ0v) is 12.0. The van der Waals surface area contributed by atoms with E-state index in [1.54, 1.807) is 24.8 Å². The number of thiophene rings is 1. The molecule has 3 heterocycles. The molecule has 0 spiro atoms. The van der Waals surface area contributed by atoms with Crippen LogP contribution < -0.4 is 5.32 Å². The van der Waals surface area contributed by atoms with Crippen LogP contribution >= 0.6 is 11.3 Å². The quantitative estimate of drug-likeness (QED) is 0.780. The first-order chi connectivity index (χ1) is 10.3. The van der Waals surface area contributed by atoms with Gasteiger partial charge in [-0.05, 0) is 11.4 Å². The van der Waals surface area contributed by atoms with Gasteiger partial charge in [0.2, 0.25) is 0 Å². The van der Waals surface area contributed by atoms with Gasteiger partial charge in [0.25, 0.3) is 5.91 Å². The summed E-state index contributed by atoms with van der Waals surface area (Å²) in [5.41, 5.74) is 0.715. The van der Waals surface area contributed by atoms with Crippen molar-refractivity contribution >= 4 is 17.2 Å². The Morgan fingerprint density at radius 3 is 3.00 bits per heavy atom. The van der Waals surface area contributed by atoms with Crippen molar-refractivity contribution in [2.45, 2.75) is 6.54 Å². The molecule has 0 bridgehead atoms. The second-order valence-corrected chi connectivity index (χ2v) is 5.22. The van der Waals surface area contributed by atoms with Crippen molar-refractivity contribution < 1.29 is 4.79 Å². The molecule has 0 aliphatic carbocycles. The molecule has 106 valence electrons. The van der Waals surface area contributed by atoms with E-state index < -0.39 is 0 Å². The zero-order valence-electron chi connectivity index (χ0n) is 11.1. The third-order valence-corrected chi connectivity index (χ3v) is 3.76. The highest BCUT2D eigenvalue weighted by Crippen LogP contribution is 2.12. The molecule has 0 saturated carbocycles. The van der Waals surface area contributed by atoms with E-state index in [-0.39, 0.29) is 5.91 Å². The Bertz CT molecular complexity index is 708. The van der Waals surface area contributed by atoms with Crippen molar-refractivity contribution in [1.82, 2.24) is 24.8 Å². The third kappa shape index (κ3) is 3.14. The minimum Gasteiger partial charge on any atom is -0.350 e. The molecule has 0 aliphatic heterocycles. The fourth-order valence-corrected chi connectivity index (χ4v) is 2.56. The predicted octanol–water partition coefficient (Wildman–Crippen LogP) is 1.83. The first-order valence-electron chi connectivity index (χ1n) is 6.44. The summed E-state index contributed by atoms with van der Waals surface area (Å²) in [5.74, 6) is 0.694. The molecule has 6 nitrogen and oxygen atoms in total. The van der Waals surface area contributed by atoms with Crippen LogP contribution in [0.25, 0.3) is 11.5 Å². The minimum absolute atomic E-state index is 0.0498. The molecule has 0 radical (unpaired) electrons. The van der Waals surface area contributed by atoms with E-state index >= 15 is 0 Å². The molecule has 1 amide bonds. The average molecular weight is 299 g/mol. The fourth-order valence-electron chi connectivity index (χ4n) is 1.92. The van der Waals surface area contributed by atoms with Gasteiger partial charge in [-0.25, -0.2) is 9.97 Å². The molecule has 0 atom stereocenters. The maximum Gasteiger partial charge on any atom is 0.261 e. The molecule has 3 aromatic rings. The van der Waals surface area contributed by atoms with Gasteiger partial charge in [-0.1, -0.05) is 6.07 Å². The monoisotopic (exact) mass is 299 g/mol. The number of aromatic nitrogens is 4. The summed E-state index contributed by atoms with van der Waals surface area (Å²) in [6.07, 6.45) is 8.50. The lowest BCUT2D eigenvalue weighted by molar-refractivity contribution is 0.0956. The van der Waals surface area contributed by atoms with Crippen LogP contribution in [0.3, 0.4) is 0 Å². The van der Waals surface area contributed by atoms with Crippen molar-refractivity contribution in [3.8, 4) is 11.5 Å². The van der Waals surface area contributed by atoms with Crippen molar-refractivity contribution in [2.75, 3.05) is 6.54 Å². The van der Waals surface area contributed by atoms with E-state index in [9.17, 15) is 4.79 Å². The minimum atomic E-state index is -0.0498. The molecule has 3 rings (SSSR count). The smallest absolute Gasteiger partial charge is 0.261 e. The first-order valence-corrected chi connectivity index (χ1v) is 7.32. The number of nitrogens with zero attached hydrogens (tertiary/aromatic N) is 4. The summed E-state index contributed by atoms with van der Waals surface area (Å²) in [4.78, 5) is 25.1. The zero-order chi connectivity index (χ0) is 14.5. The summed E-state index contributed by atoms with van der Waals surface area (Å²) in [6, 6.07) is 3.67. The highest BCUT2D eigenvalue weighted by molar-refractivity contribution is 7.12. The molecule has 1 N–H and O–H groups in total. The summed E-state index contributed by atoms with van der Waals surface area (Å²) in [6.45, 7) is 1.16. The fraction of sp³-hybridized carbons (Fsp3) is 0.143. The van der Waals surface area contributed by atoms with Crippen LogP contribution in [0.15, 0.2) is 48.5 Å². The Morgan fingerprint density at radius 2 is 2.24 bits per heavy atom. The van der Waals surface area contributed by atoms with Gasteiger partial charge >= 0.3 is 0 Å². The number of amides is 1. The largest absolute Gasteiger partial charge is 0.350 e. The molecule has 21 heavy (non-hydrogen) atoms. The third-order valence-electron chi connectivity index (χ3n) is 2.89. The second kappa shape index (κ2) is 6.27. The number of hydrogen-bond acceptors (Lipinski definition) is 5. The van der Waals surface area contributed by atoms with E-state index in [1.165, 1.54) is 11.3 Å². The Kier molecular flexibility index (Phi) is 4.02. The lowest BCUT2D eigenvalue weighted by atomic mass is 10.4. The van der Waals surface area contributed by atoms with Crippen LogP contribution in [0.4, 0.5) is 0 Å². The lowest BCUT2D eigenvalue weighted by Gasteiger charge is -2.08. The number of hydrogen-bond donors (Lipinski definition) is 1. The van der Waals surface area contributed by atoms with E-state index in [1.807, 2.05) is 28.3 Å². The SMILES string of the molecule is O=C(NCCn1ccnc1-c1cnccn1)c1cccs1. The molecule has 0 aliphatic rings. The topological polar surface area (TPSA) is 72.7 Å². The molecular weight excluding hydrogens is 286 g/mol. The molecule has 0 unspecified atom stereocenters. The summed E-state index contributed by atoms with van der Waals surface area (Å²) < 4.78 is 1.94. The van der Waals surface area contributed by atoms with Crippen LogP contribution in [0.2, 0.25) is 0 Å². The Morgan fingerprint density at radius 1 is 1.29 bits per heavy atom. The van der Waals surface area contributed by atoms with Crippen molar-refractivity contribution in [2.24, 2.45) is 0 Å². The average Bonchev–Trinajstić information content (AvgIpc) is 3.20. The highest BCUT2D eigenvalue weighted by atomic mass is 32.1. The molecular formula is C14H13N5OS. The maximum absolute atomic E-state index is 11.8. The Labute approximate surface area is 125 Å². The van der Waals surface area contributed by atoms with Gasteiger partial charge in [-0.15, -0.1) is 11.3 Å². The number of nitrogens with one attached hydrogen (secondary N) is 1. The molecule has 7 heteroatoms. The van der Waals surface area contributed by atoms with E-state index in [0.29, 0.717) is 18.8 Å². The van der Waals surface area contributed by atoms with Gasteiger partial charge in [-0.2, -0.15) is 0 Å². The Hall–Kier alpha value is -2.54. The van der Waals surface area contributed by atoms with E-state index in [4.69, 9.17) is 0 Å². The molecule has 0 fully saturated rings. The van der Waals surface area contributed by atoms with Crippen LogP contribution in [-0.2, 0) is 6.54 Å². The van der Waals surface area contributed by atoms with Gasteiger partial charge in [0.1, 0.15) is 5.69 Å². The first kappa shape index (κ1) is 13.4. The maximum atomic E-state index is 11.8. The van der Waals surface area contributed by atoms with Crippen LogP contribution in [0.5, 0.6) is 0 Å². The lowest BCUT2D eigenvalue weighted by Crippen LogP contribution is -2.26. The van der Waals surface area contributed by atoms with Crippen LogP contribution in [0, 0.1) is 0 Å². The van der Waals surface area contributed by atoms with Crippen molar-refractivity contribution in [1.29, 1.82) is 0 Å². The van der Waals surface area contributed by atoms with Gasteiger partial charge in [-0.3, -0.25) is 9.78 Å². The molecule has 3 aromatic heterocycles. The van der Waals surface area contributed by atoms with Crippen LogP contribution in [0.1, 0.15) is 9.67 Å². The number of rotatable bonds is 5. The number of imidazole rings is 1. The van der Waals surface area contributed by atoms with Crippen molar-refractivity contribution in [3.63, 3.8) is 0 Å². The number of carbonyl (C=O) groups excluding carboxylic acids is 1. The molecule has 0 saturated heterocycles. The van der Waals surface area contributed by atoms with Crippen LogP contribution in [-0.4, -0.2) is 32.0 Å². The molecule has 0 aromatic carbocycles. The Balaban J connectivity index is 1.62.